The summed E-state index contributed by atoms with van der Waals surface area (Å²) in [4.78, 5) is 12.5. The Morgan fingerprint density at radius 1 is 1.00 bits per heavy atom. The average molecular weight is 534 g/mol. The van der Waals surface area contributed by atoms with Gasteiger partial charge >= 0.3 is 0 Å². The second kappa shape index (κ2) is 13.0. The largest absolute Gasteiger partial charge is 0.490 e. The van der Waals surface area contributed by atoms with Crippen molar-refractivity contribution in [1.29, 1.82) is 0 Å². The molecule has 3 aromatic rings. The molecule has 0 atom stereocenters. The minimum absolute atomic E-state index is 0.255. The van der Waals surface area contributed by atoms with E-state index in [1.54, 1.807) is 48.5 Å². The van der Waals surface area contributed by atoms with Crippen LogP contribution in [0.2, 0.25) is 15.1 Å². The molecule has 0 spiro atoms. The highest BCUT2D eigenvalue weighted by Crippen LogP contribution is 2.34. The van der Waals surface area contributed by atoms with Crippen LogP contribution in [0.4, 0.5) is 0 Å². The number of benzene rings is 3. The van der Waals surface area contributed by atoms with Gasteiger partial charge in [-0.2, -0.15) is 5.10 Å². The Labute approximate surface area is 219 Å². The van der Waals surface area contributed by atoms with Crippen LogP contribution in [0, 0.1) is 0 Å². The Bertz CT molecular complexity index is 1210. The highest BCUT2D eigenvalue weighted by Gasteiger charge is 2.12. The maximum atomic E-state index is 12.5. The van der Waals surface area contributed by atoms with Gasteiger partial charge in [0, 0.05) is 10.6 Å². The first-order chi connectivity index (χ1) is 16.9. The molecule has 1 amide bonds. The Balaban J connectivity index is 1.65. The van der Waals surface area contributed by atoms with Crippen LogP contribution in [0.25, 0.3) is 0 Å². The number of hydrogen-bond acceptors (Lipinski definition) is 5. The monoisotopic (exact) mass is 532 g/mol. The summed E-state index contributed by atoms with van der Waals surface area (Å²) in [5, 5.41) is 5.23. The molecule has 0 aliphatic rings. The van der Waals surface area contributed by atoms with Crippen LogP contribution < -0.4 is 19.6 Å². The zero-order valence-electron chi connectivity index (χ0n) is 18.9. The molecule has 182 valence electrons. The van der Waals surface area contributed by atoms with Gasteiger partial charge in [-0.3, -0.25) is 4.79 Å². The SMILES string of the molecule is C=CCOc1ccc(C(=O)N/N=C/c2cc(Cl)c(OCc3cccc(Cl)c3)c(Cl)c2)cc1OCC. The summed E-state index contributed by atoms with van der Waals surface area (Å²) in [7, 11) is 0. The fraction of sp³-hybridized carbons (Fsp3) is 0.154. The van der Waals surface area contributed by atoms with Crippen LogP contribution in [0.3, 0.4) is 0 Å². The van der Waals surface area contributed by atoms with E-state index >= 15 is 0 Å². The number of hydrogen-bond donors (Lipinski definition) is 1. The van der Waals surface area contributed by atoms with Crippen molar-refractivity contribution in [2.45, 2.75) is 13.5 Å². The number of nitrogens with zero attached hydrogens (tertiary/aromatic N) is 1. The van der Waals surface area contributed by atoms with Crippen molar-refractivity contribution in [3.63, 3.8) is 0 Å². The van der Waals surface area contributed by atoms with Gasteiger partial charge in [-0.1, -0.05) is 59.6 Å². The smallest absolute Gasteiger partial charge is 0.271 e. The third kappa shape index (κ3) is 7.65. The molecule has 3 rings (SSSR count). The van der Waals surface area contributed by atoms with E-state index in [1.165, 1.54) is 6.21 Å². The second-order valence-electron chi connectivity index (χ2n) is 7.13. The number of amides is 1. The summed E-state index contributed by atoms with van der Waals surface area (Å²) in [5.41, 5.74) is 4.29. The van der Waals surface area contributed by atoms with Crippen LogP contribution in [-0.2, 0) is 6.61 Å². The molecular weight excluding hydrogens is 511 g/mol. The van der Waals surface area contributed by atoms with Crippen molar-refractivity contribution in [3.05, 3.63) is 99.0 Å². The first-order valence-corrected chi connectivity index (χ1v) is 11.7. The van der Waals surface area contributed by atoms with Gasteiger partial charge in [-0.25, -0.2) is 5.43 Å². The van der Waals surface area contributed by atoms with Gasteiger partial charge in [-0.05, 0) is 60.5 Å². The van der Waals surface area contributed by atoms with Gasteiger partial charge in [-0.15, -0.1) is 0 Å². The van der Waals surface area contributed by atoms with E-state index in [4.69, 9.17) is 49.0 Å². The molecule has 0 aliphatic carbocycles. The molecule has 1 N–H and O–H groups in total. The first-order valence-electron chi connectivity index (χ1n) is 10.6. The third-order valence-corrected chi connectivity index (χ3v) is 5.33. The third-order valence-electron chi connectivity index (χ3n) is 4.53. The van der Waals surface area contributed by atoms with E-state index in [0.717, 1.165) is 5.56 Å². The normalized spacial score (nSPS) is 10.7. The van der Waals surface area contributed by atoms with Gasteiger partial charge < -0.3 is 14.2 Å². The number of ether oxygens (including phenoxy) is 3. The van der Waals surface area contributed by atoms with Gasteiger partial charge in [0.05, 0.1) is 22.9 Å². The molecule has 3 aromatic carbocycles. The molecule has 0 bridgehead atoms. The van der Waals surface area contributed by atoms with E-state index in [-0.39, 0.29) is 6.61 Å². The fourth-order valence-electron chi connectivity index (χ4n) is 2.99. The Hall–Kier alpha value is -3.19. The van der Waals surface area contributed by atoms with Crippen LogP contribution in [0.5, 0.6) is 17.2 Å². The number of hydrazone groups is 1. The van der Waals surface area contributed by atoms with Crippen LogP contribution >= 0.6 is 34.8 Å². The Morgan fingerprint density at radius 3 is 2.46 bits per heavy atom. The summed E-state index contributed by atoms with van der Waals surface area (Å²) in [6, 6.07) is 15.4. The van der Waals surface area contributed by atoms with E-state index in [9.17, 15) is 4.79 Å². The molecule has 0 unspecified atom stereocenters. The van der Waals surface area contributed by atoms with Crippen LogP contribution in [0.15, 0.2) is 72.4 Å². The topological polar surface area (TPSA) is 69.2 Å². The zero-order valence-corrected chi connectivity index (χ0v) is 21.2. The second-order valence-corrected chi connectivity index (χ2v) is 8.38. The molecule has 6 nitrogen and oxygen atoms in total. The lowest BCUT2D eigenvalue weighted by atomic mass is 10.2. The zero-order chi connectivity index (χ0) is 25.2. The van der Waals surface area contributed by atoms with Gasteiger partial charge in [0.15, 0.2) is 17.2 Å². The Kier molecular flexibility index (Phi) is 9.85. The lowest BCUT2D eigenvalue weighted by Gasteiger charge is -2.12. The number of halogens is 3. The van der Waals surface area contributed by atoms with E-state index < -0.39 is 5.91 Å². The number of nitrogens with one attached hydrogen (secondary N) is 1. The molecular formula is C26H23Cl3N2O4. The van der Waals surface area contributed by atoms with Crippen molar-refractivity contribution in [3.8, 4) is 17.2 Å². The maximum Gasteiger partial charge on any atom is 0.271 e. The summed E-state index contributed by atoms with van der Waals surface area (Å²) < 4.78 is 16.9. The highest BCUT2D eigenvalue weighted by molar-refractivity contribution is 6.37. The molecule has 0 radical (unpaired) electrons. The predicted molar refractivity (Wildman–Crippen MR) is 141 cm³/mol. The molecule has 0 saturated carbocycles. The van der Waals surface area contributed by atoms with E-state index in [0.29, 0.717) is 56.7 Å². The van der Waals surface area contributed by atoms with Crippen LogP contribution in [-0.4, -0.2) is 25.3 Å². The first kappa shape index (κ1) is 26.4. The lowest BCUT2D eigenvalue weighted by molar-refractivity contribution is 0.0954. The molecule has 35 heavy (non-hydrogen) atoms. The quantitative estimate of drug-likeness (QED) is 0.164. The standard InChI is InChI=1S/C26H23Cl3N2O4/c1-3-10-34-23-9-8-19(14-24(23)33-4-2)26(32)31-30-15-18-12-21(28)25(22(29)13-18)35-16-17-6-5-7-20(27)11-17/h3,5-9,11-15H,1,4,10,16H2,2H3,(H,31,32)/b30-15+. The van der Waals surface area contributed by atoms with E-state index in [2.05, 4.69) is 17.1 Å². The van der Waals surface area contributed by atoms with Gasteiger partial charge in [0.1, 0.15) is 13.2 Å². The van der Waals surface area contributed by atoms with Crippen molar-refractivity contribution in [2.75, 3.05) is 13.2 Å². The van der Waals surface area contributed by atoms with Crippen molar-refractivity contribution in [2.24, 2.45) is 5.10 Å². The number of carbonyl (C=O) groups is 1. The highest BCUT2D eigenvalue weighted by atomic mass is 35.5. The summed E-state index contributed by atoms with van der Waals surface area (Å²) in [5.74, 6) is 0.902. The van der Waals surface area contributed by atoms with Crippen molar-refractivity contribution < 1.29 is 19.0 Å². The average Bonchev–Trinajstić information content (AvgIpc) is 2.83. The van der Waals surface area contributed by atoms with Crippen molar-refractivity contribution >= 4 is 46.9 Å². The molecule has 0 heterocycles. The maximum absolute atomic E-state index is 12.5. The lowest BCUT2D eigenvalue weighted by Crippen LogP contribution is -2.17. The van der Waals surface area contributed by atoms with Crippen LogP contribution in [0.1, 0.15) is 28.4 Å². The minimum Gasteiger partial charge on any atom is -0.490 e. The van der Waals surface area contributed by atoms with Crippen molar-refractivity contribution in [1.82, 2.24) is 5.43 Å². The predicted octanol–water partition coefficient (Wildman–Crippen LogP) is 6.95. The molecule has 0 fully saturated rings. The summed E-state index contributed by atoms with van der Waals surface area (Å²) in [6.45, 7) is 6.47. The molecule has 9 heteroatoms. The fourth-order valence-corrected chi connectivity index (χ4v) is 3.82. The molecule has 0 aliphatic heterocycles. The Morgan fingerprint density at radius 2 is 1.77 bits per heavy atom. The molecule has 0 aromatic heterocycles. The van der Waals surface area contributed by atoms with Gasteiger partial charge in [0.2, 0.25) is 0 Å². The number of carbonyl (C=O) groups excluding carboxylic acids is 1. The molecule has 0 saturated heterocycles. The number of rotatable bonds is 11. The van der Waals surface area contributed by atoms with Gasteiger partial charge in [0.25, 0.3) is 5.91 Å². The van der Waals surface area contributed by atoms with E-state index in [1.807, 2.05) is 19.1 Å². The summed E-state index contributed by atoms with van der Waals surface area (Å²) in [6.07, 6.45) is 3.06. The summed E-state index contributed by atoms with van der Waals surface area (Å²) >= 11 is 18.7. The minimum atomic E-state index is -0.420.